The third-order valence-electron chi connectivity index (χ3n) is 3.04. The molecule has 1 nitrogen and oxygen atoms in total. The fourth-order valence-corrected chi connectivity index (χ4v) is 2.29. The number of ketones is 1. The number of rotatable bonds is 2. The maximum atomic E-state index is 14.5. The first kappa shape index (κ1) is 11.1. The van der Waals surface area contributed by atoms with E-state index < -0.39 is 5.67 Å². The predicted octanol–water partition coefficient (Wildman–Crippen LogP) is 3.49. The quantitative estimate of drug-likeness (QED) is 0.694. The highest BCUT2D eigenvalue weighted by atomic mass is 19.1. The van der Waals surface area contributed by atoms with Crippen LogP contribution in [0.15, 0.2) is 36.4 Å². The second-order valence-electron chi connectivity index (χ2n) is 4.59. The Morgan fingerprint density at radius 1 is 1.50 bits per heavy atom. The van der Waals surface area contributed by atoms with Crippen LogP contribution in [0.2, 0.25) is 0 Å². The molecule has 1 aliphatic rings. The van der Waals surface area contributed by atoms with E-state index in [2.05, 4.69) is 6.58 Å². The number of fused-ring (bicyclic) bond motifs is 1. The highest BCUT2D eigenvalue weighted by molar-refractivity contribution is 6.04. The molecule has 0 aliphatic heterocycles. The Labute approximate surface area is 95.0 Å². The largest absolute Gasteiger partial charge is 0.291 e. The topological polar surface area (TPSA) is 17.1 Å². The van der Waals surface area contributed by atoms with E-state index in [0.29, 0.717) is 12.0 Å². The molecule has 0 spiro atoms. The zero-order valence-corrected chi connectivity index (χ0v) is 9.42. The van der Waals surface area contributed by atoms with Crippen LogP contribution in [0, 0.1) is 0 Å². The van der Waals surface area contributed by atoms with Crippen molar-refractivity contribution in [2.75, 3.05) is 0 Å². The summed E-state index contributed by atoms with van der Waals surface area (Å²) < 4.78 is 14.5. The minimum absolute atomic E-state index is 0.139. The highest BCUT2D eigenvalue weighted by Gasteiger charge is 2.42. The molecule has 2 heteroatoms. The first-order chi connectivity index (χ1) is 7.53. The predicted molar refractivity (Wildman–Crippen MR) is 62.4 cm³/mol. The molecule has 1 aliphatic carbocycles. The van der Waals surface area contributed by atoms with Gasteiger partial charge < -0.3 is 0 Å². The summed E-state index contributed by atoms with van der Waals surface area (Å²) in [4.78, 5) is 12.1. The molecule has 1 atom stereocenters. The molecular weight excluding hydrogens is 203 g/mol. The van der Waals surface area contributed by atoms with E-state index in [1.807, 2.05) is 12.1 Å². The third-order valence-corrected chi connectivity index (χ3v) is 3.04. The summed E-state index contributed by atoms with van der Waals surface area (Å²) in [6.07, 6.45) is 1.04. The zero-order chi connectivity index (χ0) is 11.8. The molecule has 0 amide bonds. The lowest BCUT2D eigenvalue weighted by Gasteiger charge is -2.29. The summed E-state index contributed by atoms with van der Waals surface area (Å²) in [5.41, 5.74) is 0.482. The maximum Gasteiger partial charge on any atom is 0.200 e. The Morgan fingerprint density at radius 3 is 2.88 bits per heavy atom. The van der Waals surface area contributed by atoms with Gasteiger partial charge in [0, 0.05) is 12.0 Å². The number of aryl methyl sites for hydroxylation is 1. The van der Waals surface area contributed by atoms with Crippen LogP contribution in [0.4, 0.5) is 4.39 Å². The van der Waals surface area contributed by atoms with E-state index in [1.54, 1.807) is 19.1 Å². The number of halogens is 1. The monoisotopic (exact) mass is 218 g/mol. The van der Waals surface area contributed by atoms with Crippen LogP contribution in [-0.2, 0) is 6.42 Å². The van der Waals surface area contributed by atoms with Gasteiger partial charge in [-0.2, -0.15) is 0 Å². The van der Waals surface area contributed by atoms with Gasteiger partial charge in [-0.25, -0.2) is 4.39 Å². The van der Waals surface area contributed by atoms with Gasteiger partial charge in [-0.3, -0.25) is 4.79 Å². The average molecular weight is 218 g/mol. The Bertz CT molecular complexity index is 450. The number of benzene rings is 1. The standard InChI is InChI=1S/C14H15FO/c1-10(2)9-14(15)8-7-11-5-3-4-6-12(11)13(14)16/h3-6H,1,7-9H2,2H3/t14-/m0/s1. The SMILES string of the molecule is C=C(C)C[C@@]1(F)CCc2ccccc2C1=O. The molecule has 0 radical (unpaired) electrons. The fourth-order valence-electron chi connectivity index (χ4n) is 2.29. The minimum atomic E-state index is -1.74. The molecule has 1 aromatic carbocycles. The summed E-state index contributed by atoms with van der Waals surface area (Å²) in [5.74, 6) is -0.377. The van der Waals surface area contributed by atoms with Crippen LogP contribution in [0.5, 0.6) is 0 Å². The van der Waals surface area contributed by atoms with E-state index >= 15 is 0 Å². The van der Waals surface area contributed by atoms with Gasteiger partial charge in [0.2, 0.25) is 5.78 Å². The van der Waals surface area contributed by atoms with E-state index in [4.69, 9.17) is 0 Å². The normalized spacial score (nSPS) is 24.0. The summed E-state index contributed by atoms with van der Waals surface area (Å²) in [5, 5.41) is 0. The van der Waals surface area contributed by atoms with Gasteiger partial charge in [0.1, 0.15) is 0 Å². The van der Waals surface area contributed by atoms with Crippen LogP contribution in [0.3, 0.4) is 0 Å². The van der Waals surface area contributed by atoms with Crippen LogP contribution in [0.25, 0.3) is 0 Å². The van der Waals surface area contributed by atoms with E-state index in [-0.39, 0.29) is 18.6 Å². The van der Waals surface area contributed by atoms with Crippen LogP contribution in [-0.4, -0.2) is 11.5 Å². The molecule has 2 rings (SSSR count). The molecular formula is C14H15FO. The number of carbonyl (C=O) groups is 1. The number of Topliss-reactive ketones (excluding diaryl/α,β-unsaturated/α-hetero) is 1. The lowest BCUT2D eigenvalue weighted by atomic mass is 9.77. The van der Waals surface area contributed by atoms with Crippen molar-refractivity contribution in [2.45, 2.75) is 31.9 Å². The third kappa shape index (κ3) is 1.80. The van der Waals surface area contributed by atoms with Crippen molar-refractivity contribution in [1.82, 2.24) is 0 Å². The van der Waals surface area contributed by atoms with Gasteiger partial charge in [-0.1, -0.05) is 29.8 Å². The molecule has 0 fully saturated rings. The van der Waals surface area contributed by atoms with Crippen molar-refractivity contribution in [2.24, 2.45) is 0 Å². The van der Waals surface area contributed by atoms with E-state index in [9.17, 15) is 9.18 Å². The lowest BCUT2D eigenvalue weighted by Crippen LogP contribution is -2.38. The molecule has 1 aromatic rings. The van der Waals surface area contributed by atoms with E-state index in [1.165, 1.54) is 0 Å². The highest BCUT2D eigenvalue weighted by Crippen LogP contribution is 2.35. The number of alkyl halides is 1. The molecule has 16 heavy (non-hydrogen) atoms. The fraction of sp³-hybridized carbons (Fsp3) is 0.357. The molecule has 0 heterocycles. The average Bonchev–Trinajstić information content (AvgIpc) is 2.24. The molecule has 0 N–H and O–H groups in total. The molecule has 0 aromatic heterocycles. The smallest absolute Gasteiger partial charge is 0.200 e. The molecule has 0 unspecified atom stereocenters. The first-order valence-corrected chi connectivity index (χ1v) is 5.49. The van der Waals surface area contributed by atoms with Crippen LogP contribution in [0.1, 0.15) is 35.7 Å². The molecule has 0 bridgehead atoms. The Kier molecular flexibility index (Phi) is 2.66. The second-order valence-corrected chi connectivity index (χ2v) is 4.59. The molecule has 84 valence electrons. The summed E-state index contributed by atoms with van der Waals surface area (Å²) in [7, 11) is 0. The van der Waals surface area contributed by atoms with Gasteiger partial charge >= 0.3 is 0 Å². The van der Waals surface area contributed by atoms with Crippen molar-refractivity contribution < 1.29 is 9.18 Å². The number of carbonyl (C=O) groups excluding carboxylic acids is 1. The summed E-state index contributed by atoms with van der Waals surface area (Å²) in [6, 6.07) is 7.27. The van der Waals surface area contributed by atoms with Gasteiger partial charge in [0.05, 0.1) is 0 Å². The van der Waals surface area contributed by atoms with Crippen molar-refractivity contribution in [3.63, 3.8) is 0 Å². The summed E-state index contributed by atoms with van der Waals surface area (Å²) >= 11 is 0. The van der Waals surface area contributed by atoms with Crippen LogP contribution < -0.4 is 0 Å². The Hall–Kier alpha value is -1.44. The van der Waals surface area contributed by atoms with Gasteiger partial charge in [-0.05, 0) is 25.3 Å². The van der Waals surface area contributed by atoms with Crippen molar-refractivity contribution >= 4 is 5.78 Å². The number of allylic oxidation sites excluding steroid dienone is 1. The summed E-state index contributed by atoms with van der Waals surface area (Å²) in [6.45, 7) is 5.45. The van der Waals surface area contributed by atoms with Crippen molar-refractivity contribution in [1.29, 1.82) is 0 Å². The number of hydrogen-bond donors (Lipinski definition) is 0. The second kappa shape index (κ2) is 3.85. The van der Waals surface area contributed by atoms with E-state index in [0.717, 1.165) is 11.1 Å². The molecule has 0 saturated carbocycles. The Morgan fingerprint density at radius 2 is 2.19 bits per heavy atom. The first-order valence-electron chi connectivity index (χ1n) is 5.49. The zero-order valence-electron chi connectivity index (χ0n) is 9.42. The van der Waals surface area contributed by atoms with Crippen molar-refractivity contribution in [3.05, 3.63) is 47.5 Å². The Balaban J connectivity index is 2.37. The van der Waals surface area contributed by atoms with Crippen molar-refractivity contribution in [3.8, 4) is 0 Å². The molecule has 0 saturated heterocycles. The van der Waals surface area contributed by atoms with Crippen LogP contribution >= 0.6 is 0 Å². The number of hydrogen-bond acceptors (Lipinski definition) is 1. The lowest BCUT2D eigenvalue weighted by molar-refractivity contribution is 0.0637. The maximum absolute atomic E-state index is 14.5. The van der Waals surface area contributed by atoms with Gasteiger partial charge in [0.25, 0.3) is 0 Å². The minimum Gasteiger partial charge on any atom is -0.291 e. The van der Waals surface area contributed by atoms with Gasteiger partial charge in [0.15, 0.2) is 5.67 Å². The van der Waals surface area contributed by atoms with Gasteiger partial charge in [-0.15, -0.1) is 6.58 Å².